The van der Waals surface area contributed by atoms with E-state index in [1.54, 1.807) is 17.1 Å². The number of carbonyl (C=O) groups excluding carboxylic acids is 2. The molecule has 7 heteroatoms. The molecule has 0 aliphatic carbocycles. The number of anilines is 1. The molecule has 2 heterocycles. The molecular weight excluding hydrogens is 428 g/mol. The van der Waals surface area contributed by atoms with Gasteiger partial charge >= 0.3 is 0 Å². The lowest BCUT2D eigenvalue weighted by molar-refractivity contribution is -0.134. The largest absolute Gasteiger partial charge is 0.376 e. The van der Waals surface area contributed by atoms with E-state index in [-0.39, 0.29) is 23.8 Å². The highest BCUT2D eigenvalue weighted by atomic mass is 16.5. The molecule has 0 saturated carbocycles. The number of rotatable bonds is 9. The number of nitrogens with one attached hydrogen (secondary N) is 1. The summed E-state index contributed by atoms with van der Waals surface area (Å²) in [5, 5.41) is 2.86. The molecule has 4 rings (SSSR count). The normalized spacial score (nSPS) is 17.4. The van der Waals surface area contributed by atoms with Crippen LogP contribution in [0.1, 0.15) is 43.9 Å². The Morgan fingerprint density at radius 2 is 1.82 bits per heavy atom. The lowest BCUT2D eigenvalue weighted by Crippen LogP contribution is -2.39. The molecule has 1 fully saturated rings. The Morgan fingerprint density at radius 3 is 2.50 bits per heavy atom. The van der Waals surface area contributed by atoms with E-state index in [9.17, 15) is 9.59 Å². The van der Waals surface area contributed by atoms with Gasteiger partial charge in [-0.25, -0.2) is 4.98 Å². The van der Waals surface area contributed by atoms with E-state index in [0.29, 0.717) is 19.0 Å². The van der Waals surface area contributed by atoms with Gasteiger partial charge in [0.15, 0.2) is 5.82 Å². The molecule has 3 atom stereocenters. The summed E-state index contributed by atoms with van der Waals surface area (Å²) in [6.07, 6.45) is 5.38. The predicted molar refractivity (Wildman–Crippen MR) is 131 cm³/mol. The second-order valence-electron chi connectivity index (χ2n) is 8.93. The number of amides is 2. The summed E-state index contributed by atoms with van der Waals surface area (Å²) in [7, 11) is 0. The van der Waals surface area contributed by atoms with Gasteiger partial charge in [-0.05, 0) is 30.9 Å². The Labute approximate surface area is 200 Å². The van der Waals surface area contributed by atoms with Crippen LogP contribution in [0.2, 0.25) is 0 Å². The summed E-state index contributed by atoms with van der Waals surface area (Å²) in [6.45, 7) is 5.44. The lowest BCUT2D eigenvalue weighted by Gasteiger charge is -2.27. The quantitative estimate of drug-likeness (QED) is 0.517. The van der Waals surface area contributed by atoms with Crippen LogP contribution in [-0.2, 0) is 20.9 Å². The van der Waals surface area contributed by atoms with Crippen molar-refractivity contribution in [2.45, 2.75) is 45.4 Å². The standard InChI is InChI=1S/C27H32N4O3/c1-20(17-34-18-22-11-5-3-6-12-22)26(32)29-24-16-30(19-28-24)25(23-13-7-4-8-14-23)27(33)31-15-9-10-21(31)2/h3-8,11-14,16,19-21,25H,9-10,15,17-18H2,1-2H3,(H,29,32)/t20-,21+,25?/m0/s1. The monoisotopic (exact) mass is 460 g/mol. The highest BCUT2D eigenvalue weighted by molar-refractivity contribution is 5.91. The number of ether oxygens (including phenoxy) is 1. The molecule has 0 spiro atoms. The molecule has 0 bridgehead atoms. The first-order valence-corrected chi connectivity index (χ1v) is 11.8. The Bertz CT molecular complexity index is 1080. The van der Waals surface area contributed by atoms with Gasteiger partial charge in [-0.1, -0.05) is 67.6 Å². The molecule has 7 nitrogen and oxygen atoms in total. The number of benzene rings is 2. The average Bonchev–Trinajstić information content (AvgIpc) is 3.49. The molecule has 2 aromatic carbocycles. The maximum Gasteiger partial charge on any atom is 0.250 e. The number of imidazole rings is 1. The van der Waals surface area contributed by atoms with Crippen molar-refractivity contribution in [3.63, 3.8) is 0 Å². The van der Waals surface area contributed by atoms with Crippen molar-refractivity contribution in [1.82, 2.24) is 14.5 Å². The summed E-state index contributed by atoms with van der Waals surface area (Å²) in [5.41, 5.74) is 1.96. The lowest BCUT2D eigenvalue weighted by atomic mass is 10.0. The third kappa shape index (κ3) is 5.72. The van der Waals surface area contributed by atoms with E-state index >= 15 is 0 Å². The molecule has 0 radical (unpaired) electrons. The molecule has 1 aliphatic rings. The molecule has 2 amide bonds. The van der Waals surface area contributed by atoms with Crippen molar-refractivity contribution >= 4 is 17.6 Å². The zero-order valence-corrected chi connectivity index (χ0v) is 19.8. The molecule has 1 aromatic heterocycles. The second-order valence-corrected chi connectivity index (χ2v) is 8.93. The highest BCUT2D eigenvalue weighted by Gasteiger charge is 2.33. The molecule has 34 heavy (non-hydrogen) atoms. The van der Waals surface area contributed by atoms with Gasteiger partial charge in [-0.3, -0.25) is 9.59 Å². The van der Waals surface area contributed by atoms with Crippen molar-refractivity contribution in [1.29, 1.82) is 0 Å². The molecule has 1 aliphatic heterocycles. The van der Waals surface area contributed by atoms with Crippen LogP contribution < -0.4 is 5.32 Å². The first-order chi connectivity index (χ1) is 16.5. The van der Waals surface area contributed by atoms with Gasteiger partial charge in [0.05, 0.1) is 25.5 Å². The summed E-state index contributed by atoms with van der Waals surface area (Å²) >= 11 is 0. The van der Waals surface area contributed by atoms with E-state index in [1.807, 2.05) is 72.5 Å². The van der Waals surface area contributed by atoms with Gasteiger partial charge in [0, 0.05) is 18.8 Å². The van der Waals surface area contributed by atoms with Gasteiger partial charge in [0.2, 0.25) is 5.91 Å². The van der Waals surface area contributed by atoms with Crippen molar-refractivity contribution in [3.8, 4) is 0 Å². The number of aromatic nitrogens is 2. The van der Waals surface area contributed by atoms with Crippen molar-refractivity contribution in [2.75, 3.05) is 18.5 Å². The van der Waals surface area contributed by atoms with Gasteiger partial charge in [-0.2, -0.15) is 0 Å². The number of carbonyl (C=O) groups is 2. The van der Waals surface area contributed by atoms with Crippen LogP contribution >= 0.6 is 0 Å². The zero-order chi connectivity index (χ0) is 23.9. The maximum absolute atomic E-state index is 13.5. The Balaban J connectivity index is 1.41. The molecule has 1 unspecified atom stereocenters. The van der Waals surface area contributed by atoms with Gasteiger partial charge in [-0.15, -0.1) is 0 Å². The van der Waals surface area contributed by atoms with Gasteiger partial charge in [0.1, 0.15) is 6.04 Å². The Hall–Kier alpha value is -3.45. The minimum Gasteiger partial charge on any atom is -0.376 e. The SMILES string of the molecule is C[C@@H]1CCCN1C(=O)C(c1ccccc1)n1cnc(NC(=O)[C@@H](C)COCc2ccccc2)c1. The van der Waals surface area contributed by atoms with Gasteiger partial charge < -0.3 is 19.5 Å². The van der Waals surface area contributed by atoms with Crippen molar-refractivity contribution in [2.24, 2.45) is 5.92 Å². The van der Waals surface area contributed by atoms with Crippen LogP contribution in [0.3, 0.4) is 0 Å². The van der Waals surface area contributed by atoms with Crippen LogP contribution in [-0.4, -0.2) is 45.5 Å². The van der Waals surface area contributed by atoms with Crippen molar-refractivity contribution < 1.29 is 14.3 Å². The van der Waals surface area contributed by atoms with Crippen LogP contribution in [0.5, 0.6) is 0 Å². The smallest absolute Gasteiger partial charge is 0.250 e. The van der Waals surface area contributed by atoms with E-state index in [1.165, 1.54) is 0 Å². The molecule has 1 N–H and O–H groups in total. The first kappa shape index (κ1) is 23.7. The average molecular weight is 461 g/mol. The summed E-state index contributed by atoms with van der Waals surface area (Å²) in [6, 6.07) is 19.3. The fraction of sp³-hybridized carbons (Fsp3) is 0.370. The van der Waals surface area contributed by atoms with Crippen LogP contribution in [0.4, 0.5) is 5.82 Å². The fourth-order valence-electron chi connectivity index (χ4n) is 4.29. The minimum absolute atomic E-state index is 0.0501. The molecule has 178 valence electrons. The topological polar surface area (TPSA) is 76.5 Å². The molecule has 1 saturated heterocycles. The third-order valence-corrected chi connectivity index (χ3v) is 6.26. The highest BCUT2D eigenvalue weighted by Crippen LogP contribution is 2.27. The minimum atomic E-state index is -0.522. The van der Waals surface area contributed by atoms with Crippen LogP contribution in [0.15, 0.2) is 73.2 Å². The van der Waals surface area contributed by atoms with Crippen LogP contribution in [0, 0.1) is 5.92 Å². The zero-order valence-electron chi connectivity index (χ0n) is 19.8. The van der Waals surface area contributed by atoms with Crippen molar-refractivity contribution in [3.05, 3.63) is 84.3 Å². The summed E-state index contributed by atoms with van der Waals surface area (Å²) in [5.74, 6) is -0.0443. The summed E-state index contributed by atoms with van der Waals surface area (Å²) in [4.78, 5) is 32.5. The second kappa shape index (κ2) is 11.1. The molecule has 3 aromatic rings. The Kier molecular flexibility index (Phi) is 7.75. The van der Waals surface area contributed by atoms with Gasteiger partial charge in [0.25, 0.3) is 5.91 Å². The Morgan fingerprint density at radius 1 is 1.12 bits per heavy atom. The summed E-state index contributed by atoms with van der Waals surface area (Å²) < 4.78 is 7.49. The first-order valence-electron chi connectivity index (χ1n) is 11.8. The van der Waals surface area contributed by atoms with Crippen LogP contribution in [0.25, 0.3) is 0 Å². The predicted octanol–water partition coefficient (Wildman–Crippen LogP) is 4.27. The number of nitrogens with zero attached hydrogens (tertiary/aromatic N) is 3. The number of likely N-dealkylation sites (tertiary alicyclic amines) is 1. The van der Waals surface area contributed by atoms with E-state index in [0.717, 1.165) is 30.5 Å². The third-order valence-electron chi connectivity index (χ3n) is 6.26. The maximum atomic E-state index is 13.5. The van der Waals surface area contributed by atoms with E-state index in [2.05, 4.69) is 17.2 Å². The van der Waals surface area contributed by atoms with E-state index in [4.69, 9.17) is 4.74 Å². The van der Waals surface area contributed by atoms with E-state index < -0.39 is 6.04 Å². The number of hydrogen-bond donors (Lipinski definition) is 1. The number of hydrogen-bond acceptors (Lipinski definition) is 4. The fourth-order valence-corrected chi connectivity index (χ4v) is 4.29. The molecular formula is C27H32N4O3.